The Labute approximate surface area is 78.0 Å². The van der Waals surface area contributed by atoms with E-state index in [9.17, 15) is 0 Å². The van der Waals surface area contributed by atoms with Crippen LogP contribution in [0.1, 0.15) is 0 Å². The Morgan fingerprint density at radius 3 is 2.17 bits per heavy atom. The third-order valence-electron chi connectivity index (χ3n) is 0.295. The molecule has 3 heteroatoms. The van der Waals surface area contributed by atoms with E-state index >= 15 is 0 Å². The van der Waals surface area contributed by atoms with Crippen LogP contribution in [0, 0.1) is 0 Å². The van der Waals surface area contributed by atoms with Gasteiger partial charge in [-0.2, -0.15) is 0 Å². The van der Waals surface area contributed by atoms with E-state index in [1.165, 1.54) is 0 Å². The normalized spacial score (nSPS) is 7.00. The quantitative estimate of drug-likeness (QED) is 0.581. The van der Waals surface area contributed by atoms with Crippen molar-refractivity contribution in [3.05, 3.63) is 0 Å². The summed E-state index contributed by atoms with van der Waals surface area (Å²) >= 11 is 0. The molecule has 0 aliphatic rings. The van der Waals surface area contributed by atoms with Crippen molar-refractivity contribution in [3.63, 3.8) is 0 Å². The van der Waals surface area contributed by atoms with Gasteiger partial charge in [-0.1, -0.05) is 0 Å². The molecule has 0 aromatic heterocycles. The van der Waals surface area contributed by atoms with Crippen LogP contribution in [0.25, 0.3) is 0 Å². The van der Waals surface area contributed by atoms with E-state index in [-0.39, 0.29) is 55.5 Å². The molecule has 0 bridgehead atoms. The first kappa shape index (κ1) is 10.5. The fourth-order valence-corrected chi connectivity index (χ4v) is 0.0913. The predicted octanol–water partition coefficient (Wildman–Crippen LogP) is -1.29. The van der Waals surface area contributed by atoms with Gasteiger partial charge < -0.3 is 9.84 Å². The molecule has 36 valence electrons. The molecule has 0 fully saturated rings. The van der Waals surface area contributed by atoms with Crippen LogP contribution in [-0.4, -0.2) is 74.3 Å². The Morgan fingerprint density at radius 1 is 1.67 bits per heavy atom. The number of rotatable bonds is 2. The van der Waals surface area contributed by atoms with E-state index in [1.807, 2.05) is 0 Å². The third-order valence-corrected chi connectivity index (χ3v) is 0.295. The van der Waals surface area contributed by atoms with Gasteiger partial charge in [-0.15, -0.1) is 0 Å². The Morgan fingerprint density at radius 2 is 2.17 bits per heavy atom. The minimum absolute atomic E-state index is 0. The zero-order valence-corrected chi connectivity index (χ0v) is 3.27. The summed E-state index contributed by atoms with van der Waals surface area (Å²) in [5.41, 5.74) is 0. The van der Waals surface area contributed by atoms with Crippen molar-refractivity contribution >= 4 is 48.9 Å². The second-order valence-electron chi connectivity index (χ2n) is 0.716. The Hall–Kier alpha value is 1.49. The average Bonchev–Trinajstić information content (AvgIpc) is 1.41. The Bertz CT molecular complexity index is 16.3. The van der Waals surface area contributed by atoms with E-state index in [2.05, 4.69) is 4.74 Å². The number of aliphatic hydroxyl groups is 1. The fraction of sp³-hybridized carbons (Fsp3) is 1.00. The average molecular weight is 215 g/mol. The monoisotopic (exact) mass is 216 g/mol. The van der Waals surface area contributed by atoms with Gasteiger partial charge in [-0.3, -0.25) is 0 Å². The fourth-order valence-electron chi connectivity index (χ4n) is 0.0913. The van der Waals surface area contributed by atoms with Gasteiger partial charge in [0.1, 0.15) is 0 Å². The SMILES string of the molecule is COCCO.[BaH2]. The van der Waals surface area contributed by atoms with Crippen molar-refractivity contribution in [1.82, 2.24) is 0 Å². The molecule has 0 saturated heterocycles. The van der Waals surface area contributed by atoms with E-state index in [0.717, 1.165) is 0 Å². The molecular formula is C3H10BaO2. The van der Waals surface area contributed by atoms with Gasteiger partial charge in [-0.25, -0.2) is 0 Å². The molecule has 0 spiro atoms. The number of hydrogen-bond donors (Lipinski definition) is 1. The van der Waals surface area contributed by atoms with Crippen LogP contribution >= 0.6 is 0 Å². The Kier molecular flexibility index (Phi) is 16.9. The predicted molar refractivity (Wildman–Crippen MR) is 27.5 cm³/mol. The molecule has 1 N–H and O–H groups in total. The molecule has 0 atom stereocenters. The summed E-state index contributed by atoms with van der Waals surface area (Å²) in [5, 5.41) is 7.94. The second kappa shape index (κ2) is 9.70. The first-order chi connectivity index (χ1) is 2.41. The molecule has 2 nitrogen and oxygen atoms in total. The summed E-state index contributed by atoms with van der Waals surface area (Å²) < 4.78 is 4.44. The summed E-state index contributed by atoms with van der Waals surface area (Å²) in [6.45, 7) is 0.566. The molecule has 0 aromatic rings. The van der Waals surface area contributed by atoms with E-state index in [0.29, 0.717) is 6.61 Å². The molecular weight excluding hydrogens is 205 g/mol. The van der Waals surface area contributed by atoms with Gasteiger partial charge in [0.25, 0.3) is 0 Å². The van der Waals surface area contributed by atoms with Crippen LogP contribution in [0.5, 0.6) is 0 Å². The van der Waals surface area contributed by atoms with Gasteiger partial charge in [0.2, 0.25) is 0 Å². The maximum absolute atomic E-state index is 7.94. The standard InChI is InChI=1S/C3H8O2.Ba.2H/c1-5-3-2-4;;;/h4H,2-3H2,1H3;;;. The van der Waals surface area contributed by atoms with E-state index in [4.69, 9.17) is 5.11 Å². The van der Waals surface area contributed by atoms with E-state index < -0.39 is 0 Å². The second-order valence-corrected chi connectivity index (χ2v) is 0.716. The zero-order chi connectivity index (χ0) is 4.12. The van der Waals surface area contributed by atoms with Crippen LogP contribution in [0.3, 0.4) is 0 Å². The first-order valence-electron chi connectivity index (χ1n) is 1.51. The van der Waals surface area contributed by atoms with Gasteiger partial charge in [-0.05, 0) is 0 Å². The summed E-state index contributed by atoms with van der Waals surface area (Å²) in [4.78, 5) is 0. The first-order valence-corrected chi connectivity index (χ1v) is 1.51. The van der Waals surface area contributed by atoms with Crippen molar-refractivity contribution in [3.8, 4) is 0 Å². The molecule has 0 rings (SSSR count). The number of ether oxygens (including phenoxy) is 1. The van der Waals surface area contributed by atoms with Crippen LogP contribution in [0.4, 0.5) is 0 Å². The topological polar surface area (TPSA) is 29.5 Å². The summed E-state index contributed by atoms with van der Waals surface area (Å²) in [6, 6.07) is 0. The molecule has 0 amide bonds. The molecule has 0 aliphatic carbocycles. The number of hydrogen-bond acceptors (Lipinski definition) is 2. The number of aliphatic hydroxyl groups excluding tert-OH is 1. The van der Waals surface area contributed by atoms with Crippen molar-refractivity contribution in [2.24, 2.45) is 0 Å². The van der Waals surface area contributed by atoms with Crippen LogP contribution in [0.2, 0.25) is 0 Å². The van der Waals surface area contributed by atoms with Crippen LogP contribution < -0.4 is 0 Å². The van der Waals surface area contributed by atoms with Crippen molar-refractivity contribution in [1.29, 1.82) is 0 Å². The van der Waals surface area contributed by atoms with Gasteiger partial charge in [0.15, 0.2) is 0 Å². The minimum atomic E-state index is 0. The molecule has 0 saturated carbocycles. The molecule has 0 unspecified atom stereocenters. The van der Waals surface area contributed by atoms with Gasteiger partial charge in [0, 0.05) is 7.11 Å². The van der Waals surface area contributed by atoms with Gasteiger partial charge >= 0.3 is 48.9 Å². The molecule has 0 aliphatic heterocycles. The number of methoxy groups -OCH3 is 1. The van der Waals surface area contributed by atoms with Gasteiger partial charge in [0.05, 0.1) is 13.2 Å². The molecule has 0 aromatic carbocycles. The summed E-state index contributed by atoms with van der Waals surface area (Å²) in [6.07, 6.45) is 0. The molecule has 6 heavy (non-hydrogen) atoms. The van der Waals surface area contributed by atoms with E-state index in [1.54, 1.807) is 7.11 Å². The maximum atomic E-state index is 7.94. The van der Waals surface area contributed by atoms with Crippen molar-refractivity contribution in [2.75, 3.05) is 20.3 Å². The Balaban J connectivity index is 0. The summed E-state index contributed by atoms with van der Waals surface area (Å²) in [5.74, 6) is 0. The van der Waals surface area contributed by atoms with Crippen molar-refractivity contribution in [2.45, 2.75) is 0 Å². The summed E-state index contributed by atoms with van der Waals surface area (Å²) in [7, 11) is 1.55. The molecule has 0 heterocycles. The van der Waals surface area contributed by atoms with Crippen LogP contribution in [-0.2, 0) is 4.74 Å². The zero-order valence-electron chi connectivity index (χ0n) is 3.27. The van der Waals surface area contributed by atoms with Crippen LogP contribution in [0.15, 0.2) is 0 Å². The van der Waals surface area contributed by atoms with Crippen molar-refractivity contribution < 1.29 is 9.84 Å². The third kappa shape index (κ3) is 9.09. The molecule has 0 radical (unpaired) electrons.